The number of hydrogen-bond donors (Lipinski definition) is 1. The maximum absolute atomic E-state index is 12.9. The Morgan fingerprint density at radius 2 is 2.09 bits per heavy atom. The fourth-order valence-corrected chi connectivity index (χ4v) is 1.63. The van der Waals surface area contributed by atoms with Gasteiger partial charge in [-0.05, 0) is 17.6 Å². The van der Waals surface area contributed by atoms with Crippen LogP contribution in [0.15, 0.2) is 48.7 Å². The molecule has 0 atom stereocenters. The number of amides is 1. The summed E-state index contributed by atoms with van der Waals surface area (Å²) in [6.07, 6.45) is 1.30. The Kier molecular flexibility index (Phi) is 5.94. The van der Waals surface area contributed by atoms with Crippen LogP contribution in [0.5, 0.6) is 0 Å². The average molecular weight is 298 g/mol. The van der Waals surface area contributed by atoms with Gasteiger partial charge in [-0.15, -0.1) is 0 Å². The first-order valence-corrected chi connectivity index (χ1v) is 6.79. The molecule has 0 radical (unpaired) electrons. The molecule has 0 unspecified atom stereocenters. The number of carbonyl (C=O) groups excluding carboxylic acids is 1. The number of ether oxygens (including phenoxy) is 1. The second-order valence-corrected chi connectivity index (χ2v) is 4.40. The number of nitrogens with zero attached hydrogens (tertiary/aromatic N) is 1. The first kappa shape index (κ1) is 15.5. The molecule has 5 heteroatoms. The van der Waals surface area contributed by atoms with E-state index in [1.807, 2.05) is 30.3 Å². The molecule has 1 amide bonds. The SMILES string of the molecule is O=C(NCCC#Cc1cc(F)ccn1)OCc1ccccc1. The Balaban J connectivity index is 1.65. The Labute approximate surface area is 128 Å². The summed E-state index contributed by atoms with van der Waals surface area (Å²) in [6, 6.07) is 11.9. The van der Waals surface area contributed by atoms with Gasteiger partial charge in [0, 0.05) is 25.2 Å². The number of alkyl carbamates (subject to hydrolysis) is 1. The summed E-state index contributed by atoms with van der Waals surface area (Å²) in [6.45, 7) is 0.585. The monoisotopic (exact) mass is 298 g/mol. The molecule has 1 N–H and O–H groups in total. The van der Waals surface area contributed by atoms with E-state index in [1.54, 1.807) is 0 Å². The third-order valence-corrected chi connectivity index (χ3v) is 2.67. The van der Waals surface area contributed by atoms with Crippen molar-refractivity contribution in [3.8, 4) is 11.8 Å². The van der Waals surface area contributed by atoms with Gasteiger partial charge >= 0.3 is 6.09 Å². The van der Waals surface area contributed by atoms with E-state index in [0.717, 1.165) is 5.56 Å². The van der Waals surface area contributed by atoms with E-state index >= 15 is 0 Å². The second-order valence-electron chi connectivity index (χ2n) is 4.40. The van der Waals surface area contributed by atoms with Gasteiger partial charge in [0.05, 0.1) is 0 Å². The zero-order chi connectivity index (χ0) is 15.6. The average Bonchev–Trinajstić information content (AvgIpc) is 2.54. The molecule has 0 spiro atoms. The molecule has 112 valence electrons. The van der Waals surface area contributed by atoms with Gasteiger partial charge in [0.1, 0.15) is 18.1 Å². The molecular weight excluding hydrogens is 283 g/mol. The van der Waals surface area contributed by atoms with Crippen molar-refractivity contribution >= 4 is 6.09 Å². The number of carbonyl (C=O) groups is 1. The van der Waals surface area contributed by atoms with Crippen LogP contribution in [0.3, 0.4) is 0 Å². The van der Waals surface area contributed by atoms with E-state index in [4.69, 9.17) is 4.74 Å². The van der Waals surface area contributed by atoms with Gasteiger partial charge in [0.15, 0.2) is 0 Å². The smallest absolute Gasteiger partial charge is 0.407 e. The maximum Gasteiger partial charge on any atom is 0.407 e. The third-order valence-electron chi connectivity index (χ3n) is 2.67. The molecule has 2 rings (SSSR count). The Bertz CT molecular complexity index is 678. The molecule has 0 aliphatic carbocycles. The maximum atomic E-state index is 12.9. The van der Waals surface area contributed by atoms with Crippen LogP contribution in [0.1, 0.15) is 17.7 Å². The van der Waals surface area contributed by atoms with Crippen molar-refractivity contribution in [1.29, 1.82) is 0 Å². The van der Waals surface area contributed by atoms with Crippen molar-refractivity contribution in [3.05, 3.63) is 65.7 Å². The van der Waals surface area contributed by atoms with Gasteiger partial charge in [-0.3, -0.25) is 0 Å². The van der Waals surface area contributed by atoms with E-state index in [9.17, 15) is 9.18 Å². The minimum absolute atomic E-state index is 0.228. The Morgan fingerprint density at radius 3 is 2.86 bits per heavy atom. The molecule has 22 heavy (non-hydrogen) atoms. The van der Waals surface area contributed by atoms with Gasteiger partial charge in [-0.2, -0.15) is 0 Å². The van der Waals surface area contributed by atoms with E-state index in [0.29, 0.717) is 18.7 Å². The number of rotatable bonds is 4. The first-order valence-electron chi connectivity index (χ1n) is 6.79. The molecule has 0 aliphatic heterocycles. The predicted molar refractivity (Wildman–Crippen MR) is 80.3 cm³/mol. The predicted octanol–water partition coefficient (Wildman–Crippen LogP) is 2.89. The number of pyridine rings is 1. The molecule has 0 bridgehead atoms. The zero-order valence-corrected chi connectivity index (χ0v) is 11.9. The highest BCUT2D eigenvalue weighted by Gasteiger charge is 2.00. The van der Waals surface area contributed by atoms with Gasteiger partial charge < -0.3 is 10.1 Å². The van der Waals surface area contributed by atoms with E-state index in [-0.39, 0.29) is 12.4 Å². The summed E-state index contributed by atoms with van der Waals surface area (Å²) in [5.41, 5.74) is 1.29. The third kappa shape index (κ3) is 5.63. The molecule has 0 saturated carbocycles. The zero-order valence-electron chi connectivity index (χ0n) is 11.9. The molecular formula is C17H15FN2O2. The number of benzene rings is 1. The highest BCUT2D eigenvalue weighted by Crippen LogP contribution is 2.00. The minimum Gasteiger partial charge on any atom is -0.445 e. The van der Waals surface area contributed by atoms with Crippen LogP contribution >= 0.6 is 0 Å². The quantitative estimate of drug-likeness (QED) is 0.697. The van der Waals surface area contributed by atoms with Crippen molar-refractivity contribution in [2.24, 2.45) is 0 Å². The molecule has 0 fully saturated rings. The van der Waals surface area contributed by atoms with Crippen molar-refractivity contribution in [3.63, 3.8) is 0 Å². The highest BCUT2D eigenvalue weighted by molar-refractivity contribution is 5.67. The van der Waals surface area contributed by atoms with E-state index < -0.39 is 6.09 Å². The number of aromatic nitrogens is 1. The summed E-state index contributed by atoms with van der Waals surface area (Å²) in [5.74, 6) is 5.16. The van der Waals surface area contributed by atoms with Crippen LogP contribution in [-0.2, 0) is 11.3 Å². The van der Waals surface area contributed by atoms with Crippen LogP contribution in [0, 0.1) is 17.7 Å². The lowest BCUT2D eigenvalue weighted by atomic mass is 10.2. The number of halogens is 1. The van der Waals surface area contributed by atoms with Crippen molar-refractivity contribution in [2.45, 2.75) is 13.0 Å². The second kappa shape index (κ2) is 8.42. The summed E-state index contributed by atoms with van der Waals surface area (Å²) in [5, 5.41) is 2.59. The van der Waals surface area contributed by atoms with Gasteiger partial charge in [-0.1, -0.05) is 36.3 Å². The highest BCUT2D eigenvalue weighted by atomic mass is 19.1. The molecule has 0 aliphatic rings. The van der Waals surface area contributed by atoms with Crippen molar-refractivity contribution < 1.29 is 13.9 Å². The fourth-order valence-electron chi connectivity index (χ4n) is 1.63. The van der Waals surface area contributed by atoms with Crippen LogP contribution < -0.4 is 5.32 Å². The van der Waals surface area contributed by atoms with Crippen molar-refractivity contribution in [2.75, 3.05) is 6.54 Å². The molecule has 2 aromatic rings. The van der Waals surface area contributed by atoms with Gasteiger partial charge in [0.25, 0.3) is 0 Å². The number of hydrogen-bond acceptors (Lipinski definition) is 3. The molecule has 4 nitrogen and oxygen atoms in total. The van der Waals surface area contributed by atoms with Crippen molar-refractivity contribution in [1.82, 2.24) is 10.3 Å². The summed E-state index contributed by atoms with van der Waals surface area (Å²) < 4.78 is 17.9. The lowest BCUT2D eigenvalue weighted by Crippen LogP contribution is -2.24. The van der Waals surface area contributed by atoms with Crippen LogP contribution in [0.2, 0.25) is 0 Å². The van der Waals surface area contributed by atoms with Crippen LogP contribution in [0.25, 0.3) is 0 Å². The lowest BCUT2D eigenvalue weighted by Gasteiger charge is -2.05. The number of nitrogens with one attached hydrogen (secondary N) is 1. The van der Waals surface area contributed by atoms with Gasteiger partial charge in [0.2, 0.25) is 0 Å². The molecule has 1 aromatic carbocycles. The summed E-state index contributed by atoms with van der Waals surface area (Å²) in [7, 11) is 0. The molecule has 1 aromatic heterocycles. The first-order chi connectivity index (χ1) is 10.7. The lowest BCUT2D eigenvalue weighted by molar-refractivity contribution is 0.140. The summed E-state index contributed by atoms with van der Waals surface area (Å²) in [4.78, 5) is 15.4. The standard InChI is InChI=1S/C17H15FN2O2/c18-15-9-11-19-16(12-15)8-4-5-10-20-17(21)22-13-14-6-2-1-3-7-14/h1-3,6-7,9,11-12H,5,10,13H2,(H,20,21). The van der Waals surface area contributed by atoms with Crippen LogP contribution in [-0.4, -0.2) is 17.6 Å². The Hall–Kier alpha value is -2.87. The largest absolute Gasteiger partial charge is 0.445 e. The molecule has 1 heterocycles. The van der Waals surface area contributed by atoms with E-state index in [2.05, 4.69) is 22.1 Å². The van der Waals surface area contributed by atoms with E-state index in [1.165, 1.54) is 18.3 Å². The minimum atomic E-state index is -0.491. The Morgan fingerprint density at radius 1 is 1.27 bits per heavy atom. The topological polar surface area (TPSA) is 51.2 Å². The molecule has 0 saturated heterocycles. The van der Waals surface area contributed by atoms with Crippen LogP contribution in [0.4, 0.5) is 9.18 Å². The normalized spacial score (nSPS) is 9.50. The van der Waals surface area contributed by atoms with Gasteiger partial charge in [-0.25, -0.2) is 14.2 Å². The fraction of sp³-hybridized carbons (Fsp3) is 0.176. The summed E-state index contributed by atoms with van der Waals surface area (Å²) >= 11 is 0.